The van der Waals surface area contributed by atoms with Gasteiger partial charge in [-0.15, -0.1) is 10.2 Å². The van der Waals surface area contributed by atoms with E-state index in [4.69, 9.17) is 11.6 Å². The molecule has 0 aliphatic rings. The first-order valence-corrected chi connectivity index (χ1v) is 7.13. The summed E-state index contributed by atoms with van der Waals surface area (Å²) in [7, 11) is 0. The van der Waals surface area contributed by atoms with E-state index in [-0.39, 0.29) is 0 Å². The molecule has 0 aliphatic carbocycles. The zero-order valence-corrected chi connectivity index (χ0v) is 12.1. The van der Waals surface area contributed by atoms with Gasteiger partial charge in [0.25, 0.3) is 0 Å². The Morgan fingerprint density at radius 3 is 2.89 bits per heavy atom. The number of hydrogen-bond acceptors (Lipinski definition) is 4. The normalized spacial score (nSPS) is 10.9. The van der Waals surface area contributed by atoms with Gasteiger partial charge in [-0.3, -0.25) is 0 Å². The van der Waals surface area contributed by atoms with Crippen molar-refractivity contribution < 1.29 is 0 Å². The number of nitrogens with one attached hydrogen (secondary N) is 1. The van der Waals surface area contributed by atoms with E-state index in [9.17, 15) is 0 Å². The Morgan fingerprint density at radius 1 is 1.33 bits per heavy atom. The van der Waals surface area contributed by atoms with Crippen molar-refractivity contribution in [3.8, 4) is 0 Å². The molecule has 18 heavy (non-hydrogen) atoms. The standard InChI is InChI=1S/C13H16ClN3S/c1-9(2)6-12-16-17-13(18-12)15-8-10-4-3-5-11(14)7-10/h3-5,7,9H,6,8H2,1-2H3,(H,15,17). The molecule has 2 aromatic rings. The van der Waals surface area contributed by atoms with Crippen LogP contribution >= 0.6 is 22.9 Å². The van der Waals surface area contributed by atoms with E-state index in [1.54, 1.807) is 11.3 Å². The van der Waals surface area contributed by atoms with Crippen molar-refractivity contribution in [2.45, 2.75) is 26.8 Å². The van der Waals surface area contributed by atoms with Gasteiger partial charge in [0, 0.05) is 18.0 Å². The van der Waals surface area contributed by atoms with Gasteiger partial charge in [0.2, 0.25) is 5.13 Å². The average Bonchev–Trinajstić information content (AvgIpc) is 2.73. The molecule has 1 aromatic heterocycles. The molecule has 0 fully saturated rings. The Bertz CT molecular complexity index is 510. The first-order chi connectivity index (χ1) is 8.63. The molecule has 1 aromatic carbocycles. The van der Waals surface area contributed by atoms with Crippen LogP contribution in [-0.2, 0) is 13.0 Å². The van der Waals surface area contributed by atoms with Crippen molar-refractivity contribution in [1.29, 1.82) is 0 Å². The van der Waals surface area contributed by atoms with E-state index in [2.05, 4.69) is 29.4 Å². The van der Waals surface area contributed by atoms with Gasteiger partial charge in [0.05, 0.1) is 0 Å². The third-order valence-corrected chi connectivity index (χ3v) is 3.52. The van der Waals surface area contributed by atoms with Crippen molar-refractivity contribution in [3.63, 3.8) is 0 Å². The molecule has 0 aliphatic heterocycles. The van der Waals surface area contributed by atoms with Crippen LogP contribution < -0.4 is 5.32 Å². The van der Waals surface area contributed by atoms with E-state index in [0.717, 1.165) is 33.7 Å². The number of nitrogens with zero attached hydrogens (tertiary/aromatic N) is 2. The maximum atomic E-state index is 5.93. The third kappa shape index (κ3) is 3.96. The largest absolute Gasteiger partial charge is 0.356 e. The van der Waals surface area contributed by atoms with Crippen LogP contribution in [0.15, 0.2) is 24.3 Å². The quantitative estimate of drug-likeness (QED) is 0.900. The molecule has 3 nitrogen and oxygen atoms in total. The second-order valence-corrected chi connectivity index (χ2v) is 6.08. The highest BCUT2D eigenvalue weighted by molar-refractivity contribution is 7.15. The Labute approximate surface area is 116 Å². The van der Waals surface area contributed by atoms with Gasteiger partial charge in [-0.1, -0.05) is 48.9 Å². The molecule has 96 valence electrons. The molecule has 2 rings (SSSR count). The molecule has 5 heteroatoms. The fourth-order valence-electron chi connectivity index (χ4n) is 1.58. The number of anilines is 1. The predicted octanol–water partition coefficient (Wildman–Crippen LogP) is 4.00. The lowest BCUT2D eigenvalue weighted by Gasteiger charge is -2.02. The molecular weight excluding hydrogens is 266 g/mol. The molecule has 0 amide bonds. The smallest absolute Gasteiger partial charge is 0.205 e. The van der Waals surface area contributed by atoms with E-state index < -0.39 is 0 Å². The highest BCUT2D eigenvalue weighted by Crippen LogP contribution is 2.19. The zero-order chi connectivity index (χ0) is 13.0. The summed E-state index contributed by atoms with van der Waals surface area (Å²) < 4.78 is 0. The number of hydrogen-bond donors (Lipinski definition) is 1. The lowest BCUT2D eigenvalue weighted by atomic mass is 10.1. The number of aromatic nitrogens is 2. The first kappa shape index (κ1) is 13.3. The van der Waals surface area contributed by atoms with Crippen LogP contribution in [0.25, 0.3) is 0 Å². The van der Waals surface area contributed by atoms with Crippen molar-refractivity contribution in [1.82, 2.24) is 10.2 Å². The van der Waals surface area contributed by atoms with E-state index in [0.29, 0.717) is 5.92 Å². The van der Waals surface area contributed by atoms with Crippen LogP contribution in [0.2, 0.25) is 5.02 Å². The van der Waals surface area contributed by atoms with E-state index in [1.165, 1.54) is 0 Å². The summed E-state index contributed by atoms with van der Waals surface area (Å²) in [6.45, 7) is 5.08. The first-order valence-electron chi connectivity index (χ1n) is 5.94. The van der Waals surface area contributed by atoms with Gasteiger partial charge in [0.15, 0.2) is 0 Å². The predicted molar refractivity (Wildman–Crippen MR) is 77.2 cm³/mol. The molecule has 1 N–H and O–H groups in total. The number of rotatable bonds is 5. The maximum Gasteiger partial charge on any atom is 0.205 e. The van der Waals surface area contributed by atoms with Crippen LogP contribution in [0.5, 0.6) is 0 Å². The van der Waals surface area contributed by atoms with E-state index >= 15 is 0 Å². The summed E-state index contributed by atoms with van der Waals surface area (Å²) in [5.74, 6) is 0.610. The minimum Gasteiger partial charge on any atom is -0.356 e. The minimum absolute atomic E-state index is 0.610. The summed E-state index contributed by atoms with van der Waals surface area (Å²) in [5.41, 5.74) is 1.14. The molecule has 0 saturated heterocycles. The van der Waals surface area contributed by atoms with Gasteiger partial charge in [-0.05, 0) is 23.6 Å². The number of benzene rings is 1. The average molecular weight is 282 g/mol. The second kappa shape index (κ2) is 6.16. The zero-order valence-electron chi connectivity index (χ0n) is 10.5. The summed E-state index contributed by atoms with van der Waals surface area (Å²) in [5, 5.41) is 14.3. The topological polar surface area (TPSA) is 37.8 Å². The molecule has 0 radical (unpaired) electrons. The molecular formula is C13H16ClN3S. The van der Waals surface area contributed by atoms with Crippen LogP contribution in [0.1, 0.15) is 24.4 Å². The third-order valence-electron chi connectivity index (χ3n) is 2.38. The van der Waals surface area contributed by atoms with Crippen LogP contribution in [0, 0.1) is 5.92 Å². The fraction of sp³-hybridized carbons (Fsp3) is 0.385. The molecule has 1 heterocycles. The minimum atomic E-state index is 0.610. The highest BCUT2D eigenvalue weighted by Gasteiger charge is 2.05. The van der Waals surface area contributed by atoms with Gasteiger partial charge < -0.3 is 5.32 Å². The summed E-state index contributed by atoms with van der Waals surface area (Å²) in [6, 6.07) is 7.81. The van der Waals surface area contributed by atoms with E-state index in [1.807, 2.05) is 24.3 Å². The highest BCUT2D eigenvalue weighted by atomic mass is 35.5. The van der Waals surface area contributed by atoms with Gasteiger partial charge >= 0.3 is 0 Å². The van der Waals surface area contributed by atoms with Crippen LogP contribution in [-0.4, -0.2) is 10.2 Å². The Kier molecular flexibility index (Phi) is 4.55. The second-order valence-electron chi connectivity index (χ2n) is 4.58. The lowest BCUT2D eigenvalue weighted by molar-refractivity contribution is 0.640. The van der Waals surface area contributed by atoms with Crippen molar-refractivity contribution >= 4 is 28.1 Å². The monoisotopic (exact) mass is 281 g/mol. The summed E-state index contributed by atoms with van der Waals surface area (Å²) in [6.07, 6.45) is 0.983. The van der Waals surface area contributed by atoms with Gasteiger partial charge in [-0.2, -0.15) is 0 Å². The molecule has 0 spiro atoms. The number of halogens is 1. The van der Waals surface area contributed by atoms with Crippen molar-refractivity contribution in [2.24, 2.45) is 5.92 Å². The van der Waals surface area contributed by atoms with Gasteiger partial charge in [0.1, 0.15) is 5.01 Å². The van der Waals surface area contributed by atoms with Crippen LogP contribution in [0.4, 0.5) is 5.13 Å². The van der Waals surface area contributed by atoms with Gasteiger partial charge in [-0.25, -0.2) is 0 Å². The van der Waals surface area contributed by atoms with Crippen molar-refractivity contribution in [3.05, 3.63) is 39.9 Å². The molecule has 0 atom stereocenters. The SMILES string of the molecule is CC(C)Cc1nnc(NCc2cccc(Cl)c2)s1. The Morgan fingerprint density at radius 2 is 2.17 bits per heavy atom. The summed E-state index contributed by atoms with van der Waals surface area (Å²) in [4.78, 5) is 0. The van der Waals surface area contributed by atoms with Crippen LogP contribution in [0.3, 0.4) is 0 Å². The Balaban J connectivity index is 1.92. The van der Waals surface area contributed by atoms with Crippen molar-refractivity contribution in [2.75, 3.05) is 5.32 Å². The molecule has 0 unspecified atom stereocenters. The lowest BCUT2D eigenvalue weighted by Crippen LogP contribution is -1.98. The maximum absolute atomic E-state index is 5.93. The summed E-state index contributed by atoms with van der Waals surface area (Å²) >= 11 is 7.55. The molecule has 0 saturated carbocycles. The Hall–Kier alpha value is -1.13. The fourth-order valence-corrected chi connectivity index (χ4v) is 2.74. The molecule has 0 bridgehead atoms.